The highest BCUT2D eigenvalue weighted by atomic mass is 32.2. The summed E-state index contributed by atoms with van der Waals surface area (Å²) in [5.74, 6) is -1.65. The third-order valence-electron chi connectivity index (χ3n) is 8.06. The zero-order valence-corrected chi connectivity index (χ0v) is 23.3. The summed E-state index contributed by atoms with van der Waals surface area (Å²) in [6.45, 7) is 1.20. The lowest BCUT2D eigenvalue weighted by Gasteiger charge is -2.31. The molecule has 2 fully saturated rings. The van der Waals surface area contributed by atoms with Gasteiger partial charge in [0, 0.05) is 25.2 Å². The molecule has 0 spiro atoms. The Morgan fingerprint density at radius 3 is 2.24 bits per heavy atom. The molecule has 2 amide bonds. The van der Waals surface area contributed by atoms with Crippen molar-refractivity contribution in [1.29, 1.82) is 0 Å². The molecule has 0 aromatic heterocycles. The molecule has 2 heterocycles. The summed E-state index contributed by atoms with van der Waals surface area (Å²) in [5, 5.41) is -0.571. The summed E-state index contributed by atoms with van der Waals surface area (Å²) in [4.78, 5) is 31.7. The number of carbonyl (C=O) groups is 2. The van der Waals surface area contributed by atoms with Crippen LogP contribution in [0, 0.1) is 5.82 Å². The Morgan fingerprint density at radius 1 is 0.951 bits per heavy atom. The number of nitrogens with zero attached hydrogens (tertiary/aromatic N) is 2. The van der Waals surface area contributed by atoms with Crippen molar-refractivity contribution in [1.82, 2.24) is 9.62 Å². The van der Waals surface area contributed by atoms with E-state index >= 15 is 0 Å². The molecule has 1 N–H and O–H groups in total. The van der Waals surface area contributed by atoms with E-state index in [2.05, 4.69) is 9.62 Å². The van der Waals surface area contributed by atoms with Gasteiger partial charge in [0.25, 0.3) is 5.91 Å². The number of ether oxygens (including phenoxy) is 1. The average molecular weight is 578 g/mol. The largest absolute Gasteiger partial charge is 0.491 e. The maximum Gasteiger partial charge on any atom is 0.256 e. The lowest BCUT2D eigenvalue weighted by atomic mass is 9.90. The van der Waals surface area contributed by atoms with Crippen LogP contribution >= 0.6 is 0 Å². The smallest absolute Gasteiger partial charge is 0.256 e. The van der Waals surface area contributed by atoms with Crippen LogP contribution in [0.5, 0.6) is 5.75 Å². The average Bonchev–Trinajstić information content (AvgIpc) is 3.77. The molecule has 3 aliphatic rings. The van der Waals surface area contributed by atoms with Gasteiger partial charge < -0.3 is 14.5 Å². The first kappa shape index (κ1) is 27.3. The monoisotopic (exact) mass is 577 g/mol. The molecule has 3 aromatic carbocycles. The van der Waals surface area contributed by atoms with E-state index < -0.39 is 39.0 Å². The summed E-state index contributed by atoms with van der Waals surface area (Å²) >= 11 is 0. The molecule has 8 nitrogen and oxygen atoms in total. The number of amides is 2. The minimum absolute atomic E-state index is 0.202. The Hall–Kier alpha value is -3.92. The summed E-state index contributed by atoms with van der Waals surface area (Å²) in [6.07, 6.45) is 1.93. The third kappa shape index (κ3) is 5.66. The molecular formula is C31H32FN3O5S. The molecule has 41 heavy (non-hydrogen) atoms. The summed E-state index contributed by atoms with van der Waals surface area (Å²) in [7, 11) is -3.81. The second-order valence-electron chi connectivity index (χ2n) is 10.9. The van der Waals surface area contributed by atoms with Gasteiger partial charge in [-0.15, -0.1) is 0 Å². The lowest BCUT2D eigenvalue weighted by molar-refractivity contribution is -0.138. The number of benzene rings is 3. The Kier molecular flexibility index (Phi) is 7.42. The summed E-state index contributed by atoms with van der Waals surface area (Å²) < 4.78 is 47.6. The van der Waals surface area contributed by atoms with Crippen molar-refractivity contribution in [3.8, 4) is 5.75 Å². The van der Waals surface area contributed by atoms with Crippen molar-refractivity contribution in [3.63, 3.8) is 0 Å². The summed E-state index contributed by atoms with van der Waals surface area (Å²) in [6, 6.07) is 21.8. The molecule has 6 rings (SSSR count). The molecule has 10 heteroatoms. The molecule has 1 saturated carbocycles. The van der Waals surface area contributed by atoms with Gasteiger partial charge >= 0.3 is 0 Å². The second kappa shape index (κ2) is 11.2. The van der Waals surface area contributed by atoms with Gasteiger partial charge in [0.1, 0.15) is 17.6 Å². The van der Waals surface area contributed by atoms with Crippen LogP contribution in [0.4, 0.5) is 10.1 Å². The van der Waals surface area contributed by atoms with Crippen LogP contribution in [0.15, 0.2) is 78.9 Å². The predicted molar refractivity (Wildman–Crippen MR) is 153 cm³/mol. The normalized spacial score (nSPS) is 20.7. The molecule has 214 valence electrons. The molecule has 3 aromatic rings. The molecular weight excluding hydrogens is 545 g/mol. The van der Waals surface area contributed by atoms with Gasteiger partial charge in [-0.3, -0.25) is 14.3 Å². The van der Waals surface area contributed by atoms with Crippen molar-refractivity contribution in [2.45, 2.75) is 48.9 Å². The lowest BCUT2D eigenvalue weighted by Crippen LogP contribution is -2.49. The van der Waals surface area contributed by atoms with Gasteiger partial charge in [0.15, 0.2) is 0 Å². The van der Waals surface area contributed by atoms with Gasteiger partial charge in [0.05, 0.1) is 23.5 Å². The third-order valence-corrected chi connectivity index (χ3v) is 9.89. The van der Waals surface area contributed by atoms with E-state index in [-0.39, 0.29) is 24.9 Å². The number of halogens is 1. The number of fused-ring (bicyclic) bond motifs is 1. The molecule has 0 radical (unpaired) electrons. The second-order valence-corrected chi connectivity index (χ2v) is 12.8. The zero-order chi connectivity index (χ0) is 28.6. The van der Waals surface area contributed by atoms with E-state index in [4.69, 9.17) is 4.74 Å². The van der Waals surface area contributed by atoms with Crippen LogP contribution in [0.1, 0.15) is 42.7 Å². The molecule has 2 unspecified atom stereocenters. The van der Waals surface area contributed by atoms with Gasteiger partial charge in [-0.1, -0.05) is 60.7 Å². The fraction of sp³-hybridized carbons (Fsp3) is 0.355. The van der Waals surface area contributed by atoms with Crippen molar-refractivity contribution >= 4 is 27.5 Å². The van der Waals surface area contributed by atoms with E-state index in [1.54, 1.807) is 6.07 Å². The Bertz CT molecular complexity index is 1490. The predicted octanol–water partition coefficient (Wildman–Crippen LogP) is 3.82. The molecule has 2 aliphatic heterocycles. The SMILES string of the molecule is O=C(NS(=O)(=O)C1CC1)C1CC(N2CCCOc3cc(F)ccc32)CN1C(=O)C(c1ccccc1)c1ccccc1. The van der Waals surface area contributed by atoms with Crippen molar-refractivity contribution in [3.05, 3.63) is 95.8 Å². The first-order chi connectivity index (χ1) is 19.8. The standard InChI is InChI=1S/C31H32FN3O5S/c32-23-12-15-26-28(18-23)40-17-7-16-34(26)24-19-27(30(36)33-41(38,39)25-13-14-25)35(20-24)31(37)29(21-8-3-1-4-9-21)22-10-5-2-6-11-22/h1-6,8-12,15,18,24-25,27,29H,7,13-14,16-17,19-20H2,(H,33,36). The van der Waals surface area contributed by atoms with Gasteiger partial charge in [-0.2, -0.15) is 0 Å². The topological polar surface area (TPSA) is 96.0 Å². The highest BCUT2D eigenvalue weighted by molar-refractivity contribution is 7.90. The molecule has 1 aliphatic carbocycles. The van der Waals surface area contributed by atoms with E-state index in [0.29, 0.717) is 43.9 Å². The van der Waals surface area contributed by atoms with Crippen LogP contribution < -0.4 is 14.4 Å². The van der Waals surface area contributed by atoms with Gasteiger partial charge in [0.2, 0.25) is 15.9 Å². The molecule has 2 atom stereocenters. The van der Waals surface area contributed by atoms with Crippen molar-refractivity contribution in [2.75, 3.05) is 24.6 Å². The van der Waals surface area contributed by atoms with Crippen LogP contribution in [0.25, 0.3) is 0 Å². The highest BCUT2D eigenvalue weighted by Crippen LogP contribution is 2.38. The van der Waals surface area contributed by atoms with Crippen LogP contribution in [-0.4, -0.2) is 62.2 Å². The van der Waals surface area contributed by atoms with Crippen LogP contribution in [-0.2, 0) is 19.6 Å². The number of nitrogens with one attached hydrogen (secondary N) is 1. The maximum atomic E-state index is 14.5. The van der Waals surface area contributed by atoms with Crippen LogP contribution in [0.2, 0.25) is 0 Å². The minimum Gasteiger partial charge on any atom is -0.491 e. The number of sulfonamides is 1. The van der Waals surface area contributed by atoms with E-state index in [0.717, 1.165) is 11.1 Å². The zero-order valence-electron chi connectivity index (χ0n) is 22.5. The fourth-order valence-corrected chi connectivity index (χ4v) is 7.23. The number of hydrogen-bond donors (Lipinski definition) is 1. The van der Waals surface area contributed by atoms with E-state index in [1.165, 1.54) is 17.0 Å². The Labute approximate surface area is 239 Å². The Morgan fingerprint density at radius 2 is 1.61 bits per heavy atom. The number of hydrogen-bond acceptors (Lipinski definition) is 6. The molecule has 0 bridgehead atoms. The Balaban J connectivity index is 1.37. The number of anilines is 1. The maximum absolute atomic E-state index is 14.5. The number of rotatable bonds is 7. The van der Waals surface area contributed by atoms with Crippen molar-refractivity contribution in [2.24, 2.45) is 0 Å². The van der Waals surface area contributed by atoms with E-state index in [1.807, 2.05) is 60.7 Å². The number of likely N-dealkylation sites (tertiary alicyclic amines) is 1. The first-order valence-corrected chi connectivity index (χ1v) is 15.5. The summed E-state index contributed by atoms with van der Waals surface area (Å²) in [5.41, 5.74) is 2.25. The van der Waals surface area contributed by atoms with Gasteiger partial charge in [-0.25, -0.2) is 12.8 Å². The van der Waals surface area contributed by atoms with Crippen LogP contribution in [0.3, 0.4) is 0 Å². The fourth-order valence-electron chi connectivity index (χ4n) is 5.89. The van der Waals surface area contributed by atoms with E-state index in [9.17, 15) is 22.4 Å². The highest BCUT2D eigenvalue weighted by Gasteiger charge is 2.47. The van der Waals surface area contributed by atoms with Crippen molar-refractivity contribution < 1.29 is 27.1 Å². The minimum atomic E-state index is -3.81. The van der Waals surface area contributed by atoms with Gasteiger partial charge in [-0.05, 0) is 48.9 Å². The quantitative estimate of drug-likeness (QED) is 0.459. The first-order valence-electron chi connectivity index (χ1n) is 14.0. The molecule has 1 saturated heterocycles. The number of carbonyl (C=O) groups excluding carboxylic acids is 2.